The molecule has 0 aliphatic rings. The van der Waals surface area contributed by atoms with Gasteiger partial charge in [-0.25, -0.2) is 4.39 Å². The molecule has 0 spiro atoms. The van der Waals surface area contributed by atoms with E-state index in [-0.39, 0.29) is 24.3 Å². The van der Waals surface area contributed by atoms with Gasteiger partial charge in [-0.05, 0) is 71.6 Å². The molecular weight excluding hydrogens is 399 g/mol. The van der Waals surface area contributed by atoms with Crippen LogP contribution in [-0.4, -0.2) is 11.8 Å². The summed E-state index contributed by atoms with van der Waals surface area (Å²) in [4.78, 5) is 0. The van der Waals surface area contributed by atoms with Gasteiger partial charge in [0.1, 0.15) is 17.1 Å². The molecular formula is C21H20ClFN2O2S. The number of ether oxygens (including phenoxy) is 1. The number of fused-ring (bicyclic) bond motifs is 1. The minimum atomic E-state index is -0.329. The summed E-state index contributed by atoms with van der Waals surface area (Å²) in [6.45, 7) is 0.613. The molecule has 0 aliphatic carbocycles. The Balaban J connectivity index is 0.00000225. The van der Waals surface area contributed by atoms with Gasteiger partial charge in [0.15, 0.2) is 5.76 Å². The van der Waals surface area contributed by atoms with E-state index >= 15 is 0 Å². The van der Waals surface area contributed by atoms with Crippen molar-refractivity contribution >= 4 is 34.6 Å². The minimum absolute atomic E-state index is 0. The lowest BCUT2D eigenvalue weighted by Gasteiger charge is -2.11. The van der Waals surface area contributed by atoms with Crippen LogP contribution in [0.4, 0.5) is 4.39 Å². The Labute approximate surface area is 172 Å². The molecule has 1 unspecified atom stereocenters. The van der Waals surface area contributed by atoms with Crippen LogP contribution < -0.4 is 10.5 Å². The van der Waals surface area contributed by atoms with E-state index in [4.69, 9.17) is 15.0 Å². The molecule has 0 fully saturated rings. The number of nitrogens with two attached hydrogens (primary N) is 1. The Morgan fingerprint density at radius 3 is 2.71 bits per heavy atom. The van der Waals surface area contributed by atoms with E-state index in [0.29, 0.717) is 17.9 Å². The van der Waals surface area contributed by atoms with Gasteiger partial charge in [-0.3, -0.25) is 0 Å². The summed E-state index contributed by atoms with van der Waals surface area (Å²) >= 11 is 1.66. The summed E-state index contributed by atoms with van der Waals surface area (Å²) in [5, 5.41) is 8.84. The third-order valence-electron chi connectivity index (χ3n) is 4.46. The van der Waals surface area contributed by atoms with Crippen LogP contribution in [-0.2, 0) is 0 Å². The van der Waals surface area contributed by atoms with E-state index in [1.807, 2.05) is 29.6 Å². The molecule has 146 valence electrons. The number of benzene rings is 2. The van der Waals surface area contributed by atoms with Crippen LogP contribution in [0.5, 0.6) is 5.75 Å². The van der Waals surface area contributed by atoms with Gasteiger partial charge < -0.3 is 15.0 Å². The van der Waals surface area contributed by atoms with Gasteiger partial charge in [0.2, 0.25) is 0 Å². The fourth-order valence-corrected chi connectivity index (χ4v) is 3.70. The standard InChI is InChI=1S/C21H19FN2O2S.ClH/c22-16-5-8-18-20(12-16)24-26-21(18)14-3-6-17(7-4-14)25-10-1-2-19(23)15-9-11-27-13-15;/h3-9,11-13,19H,1-2,10,23H2;1H. The van der Waals surface area contributed by atoms with Gasteiger partial charge in [0.05, 0.1) is 6.61 Å². The van der Waals surface area contributed by atoms with Crippen LogP contribution in [0.15, 0.2) is 63.8 Å². The van der Waals surface area contributed by atoms with Crippen molar-refractivity contribution in [2.45, 2.75) is 18.9 Å². The molecule has 7 heteroatoms. The lowest BCUT2D eigenvalue weighted by molar-refractivity contribution is 0.302. The Morgan fingerprint density at radius 2 is 1.96 bits per heavy atom. The molecule has 28 heavy (non-hydrogen) atoms. The predicted octanol–water partition coefficient (Wildman–Crippen LogP) is 5.98. The van der Waals surface area contributed by atoms with Crippen molar-refractivity contribution in [2.24, 2.45) is 5.73 Å². The summed E-state index contributed by atoms with van der Waals surface area (Å²) in [7, 11) is 0. The summed E-state index contributed by atoms with van der Waals surface area (Å²) in [5.74, 6) is 1.08. The average Bonchev–Trinajstić information content (AvgIpc) is 3.35. The van der Waals surface area contributed by atoms with Crippen molar-refractivity contribution < 1.29 is 13.7 Å². The average molecular weight is 419 g/mol. The molecule has 1 atom stereocenters. The van der Waals surface area contributed by atoms with E-state index in [9.17, 15) is 4.39 Å². The second-order valence-electron chi connectivity index (χ2n) is 6.35. The maximum atomic E-state index is 13.3. The normalized spacial score (nSPS) is 11.9. The van der Waals surface area contributed by atoms with Crippen LogP contribution >= 0.6 is 23.7 Å². The van der Waals surface area contributed by atoms with E-state index < -0.39 is 0 Å². The minimum Gasteiger partial charge on any atom is -0.494 e. The van der Waals surface area contributed by atoms with Crippen LogP contribution in [0, 0.1) is 5.82 Å². The molecule has 2 heterocycles. The zero-order chi connectivity index (χ0) is 18.6. The summed E-state index contributed by atoms with van der Waals surface area (Å²) < 4.78 is 24.5. The number of nitrogens with zero attached hydrogens (tertiary/aromatic N) is 1. The van der Waals surface area contributed by atoms with Gasteiger partial charge in [0.25, 0.3) is 0 Å². The maximum Gasteiger partial charge on any atom is 0.174 e. The van der Waals surface area contributed by atoms with Gasteiger partial charge in [-0.15, -0.1) is 12.4 Å². The summed E-state index contributed by atoms with van der Waals surface area (Å²) in [6.07, 6.45) is 1.77. The lowest BCUT2D eigenvalue weighted by Crippen LogP contribution is -2.10. The highest BCUT2D eigenvalue weighted by Gasteiger charge is 2.11. The van der Waals surface area contributed by atoms with E-state index in [0.717, 1.165) is 29.5 Å². The number of aromatic nitrogens is 1. The number of hydrogen-bond acceptors (Lipinski definition) is 5. The van der Waals surface area contributed by atoms with Gasteiger partial charge in [-0.1, -0.05) is 5.16 Å². The monoisotopic (exact) mass is 418 g/mol. The van der Waals surface area contributed by atoms with E-state index in [2.05, 4.69) is 16.6 Å². The molecule has 0 saturated carbocycles. The molecule has 0 bridgehead atoms. The van der Waals surface area contributed by atoms with Gasteiger partial charge in [0, 0.05) is 23.1 Å². The zero-order valence-corrected chi connectivity index (χ0v) is 16.6. The van der Waals surface area contributed by atoms with Crippen LogP contribution in [0.3, 0.4) is 0 Å². The number of halogens is 2. The smallest absolute Gasteiger partial charge is 0.174 e. The molecule has 4 nitrogen and oxygen atoms in total. The first-order chi connectivity index (χ1) is 13.2. The second kappa shape index (κ2) is 9.19. The fourth-order valence-electron chi connectivity index (χ4n) is 2.97. The van der Waals surface area contributed by atoms with Crippen LogP contribution in [0.1, 0.15) is 24.4 Å². The number of thiophene rings is 1. The molecule has 0 aliphatic heterocycles. The second-order valence-corrected chi connectivity index (χ2v) is 7.13. The molecule has 2 aromatic carbocycles. The third-order valence-corrected chi connectivity index (χ3v) is 5.16. The van der Waals surface area contributed by atoms with Crippen molar-refractivity contribution in [1.29, 1.82) is 0 Å². The van der Waals surface area contributed by atoms with E-state index in [1.54, 1.807) is 17.4 Å². The van der Waals surface area contributed by atoms with Gasteiger partial charge in [-0.2, -0.15) is 11.3 Å². The SMILES string of the molecule is Cl.NC(CCCOc1ccc(-c2onc3cc(F)ccc23)cc1)c1ccsc1. The lowest BCUT2D eigenvalue weighted by atomic mass is 10.1. The Bertz CT molecular complexity index is 1020. The van der Waals surface area contributed by atoms with Crippen LogP contribution in [0.25, 0.3) is 22.2 Å². The first-order valence-electron chi connectivity index (χ1n) is 8.76. The van der Waals surface area contributed by atoms with Crippen molar-refractivity contribution in [3.63, 3.8) is 0 Å². The molecule has 0 radical (unpaired) electrons. The first-order valence-corrected chi connectivity index (χ1v) is 9.71. The summed E-state index contributed by atoms with van der Waals surface area (Å²) in [5.41, 5.74) is 8.72. The molecule has 2 aromatic heterocycles. The fraction of sp³-hybridized carbons (Fsp3) is 0.190. The quantitative estimate of drug-likeness (QED) is 0.375. The molecule has 0 saturated heterocycles. The zero-order valence-electron chi connectivity index (χ0n) is 15.0. The Kier molecular flexibility index (Phi) is 6.67. The molecule has 4 aromatic rings. The molecule has 4 rings (SSSR count). The molecule has 2 N–H and O–H groups in total. The Hall–Kier alpha value is -2.41. The number of hydrogen-bond donors (Lipinski definition) is 1. The molecule has 0 amide bonds. The first kappa shape index (κ1) is 20.3. The largest absolute Gasteiger partial charge is 0.494 e. The van der Waals surface area contributed by atoms with Gasteiger partial charge >= 0.3 is 0 Å². The van der Waals surface area contributed by atoms with Crippen molar-refractivity contribution in [3.05, 3.63) is 70.7 Å². The van der Waals surface area contributed by atoms with Crippen molar-refractivity contribution in [3.8, 4) is 17.1 Å². The maximum absolute atomic E-state index is 13.3. The highest BCUT2D eigenvalue weighted by molar-refractivity contribution is 7.07. The summed E-state index contributed by atoms with van der Waals surface area (Å²) in [6, 6.07) is 14.2. The highest BCUT2D eigenvalue weighted by Crippen LogP contribution is 2.30. The highest BCUT2D eigenvalue weighted by atomic mass is 35.5. The topological polar surface area (TPSA) is 61.3 Å². The van der Waals surface area contributed by atoms with Crippen molar-refractivity contribution in [1.82, 2.24) is 5.16 Å². The number of rotatable bonds is 7. The third kappa shape index (κ3) is 4.52. The predicted molar refractivity (Wildman–Crippen MR) is 113 cm³/mol. The van der Waals surface area contributed by atoms with Crippen molar-refractivity contribution in [2.75, 3.05) is 6.61 Å². The van der Waals surface area contributed by atoms with E-state index in [1.165, 1.54) is 17.7 Å². The van der Waals surface area contributed by atoms with Crippen LogP contribution in [0.2, 0.25) is 0 Å². The Morgan fingerprint density at radius 1 is 1.14 bits per heavy atom.